The zero-order valence-electron chi connectivity index (χ0n) is 13.7. The van der Waals surface area contributed by atoms with Crippen LogP contribution < -0.4 is 5.56 Å². The molecule has 1 heterocycles. The topological polar surface area (TPSA) is 47.2 Å². The molecule has 0 N–H and O–H groups in total. The number of fused-ring (bicyclic) bond motifs is 1. The van der Waals surface area contributed by atoms with Crippen LogP contribution in [0.1, 0.15) is 5.56 Å². The van der Waals surface area contributed by atoms with E-state index in [1.54, 1.807) is 36.4 Å². The number of nitrogens with zero attached hydrogens (tertiary/aromatic N) is 3. The van der Waals surface area contributed by atoms with Gasteiger partial charge in [-0.3, -0.25) is 4.79 Å². The summed E-state index contributed by atoms with van der Waals surface area (Å²) in [7, 11) is 0. The quantitative estimate of drug-likeness (QED) is 0.526. The molecule has 0 aliphatic rings. The summed E-state index contributed by atoms with van der Waals surface area (Å²) in [5.41, 5.74) is 1.34. The number of hydrogen-bond acceptors (Lipinski definition) is 3. The molecular weight excluding hydrogens is 329 g/mol. The molecule has 0 aliphatic heterocycles. The molecule has 0 saturated heterocycles. The van der Waals surface area contributed by atoms with Crippen LogP contribution in [0.4, 0.5) is 4.39 Å². The molecule has 4 rings (SSSR count). The van der Waals surface area contributed by atoms with Crippen LogP contribution in [0.2, 0.25) is 0 Å². The number of para-hydroxylation sites is 1. The minimum Gasteiger partial charge on any atom is -0.267 e. The second-order valence-corrected chi connectivity index (χ2v) is 5.70. The molecule has 0 fully saturated rings. The monoisotopic (exact) mass is 343 g/mol. The number of rotatable bonds is 3. The lowest BCUT2D eigenvalue weighted by molar-refractivity contribution is 0.625. The molecule has 0 spiro atoms. The molecule has 1 aromatic heterocycles. The molecule has 0 amide bonds. The highest BCUT2D eigenvalue weighted by Crippen LogP contribution is 2.18. The normalized spacial score (nSPS) is 11.3. The van der Waals surface area contributed by atoms with Crippen LogP contribution in [-0.4, -0.2) is 15.9 Å². The lowest BCUT2D eigenvalue weighted by Gasteiger charge is -2.09. The Morgan fingerprint density at radius 3 is 2.38 bits per heavy atom. The van der Waals surface area contributed by atoms with Crippen molar-refractivity contribution in [2.75, 3.05) is 0 Å². The first kappa shape index (κ1) is 15.9. The van der Waals surface area contributed by atoms with Gasteiger partial charge in [0.15, 0.2) is 5.82 Å². The van der Waals surface area contributed by atoms with E-state index >= 15 is 0 Å². The van der Waals surface area contributed by atoms with E-state index in [0.29, 0.717) is 22.3 Å². The summed E-state index contributed by atoms with van der Waals surface area (Å²) in [6.45, 7) is 0. The number of halogens is 1. The average Bonchev–Trinajstić information content (AvgIpc) is 2.69. The number of hydrogen-bond donors (Lipinski definition) is 0. The predicted octanol–water partition coefficient (Wildman–Crippen LogP) is 4.08. The first-order valence-corrected chi connectivity index (χ1v) is 8.10. The molecule has 0 aliphatic carbocycles. The Morgan fingerprint density at radius 2 is 1.58 bits per heavy atom. The molecule has 0 saturated carbocycles. The second-order valence-electron chi connectivity index (χ2n) is 5.70. The maximum atomic E-state index is 13.9. The predicted molar refractivity (Wildman–Crippen MR) is 101 cm³/mol. The van der Waals surface area contributed by atoms with Gasteiger partial charge < -0.3 is 0 Å². The maximum Gasteiger partial charge on any atom is 0.282 e. The molecule has 4 nitrogen and oxygen atoms in total. The third-order valence-electron chi connectivity index (χ3n) is 4.00. The highest BCUT2D eigenvalue weighted by molar-refractivity contribution is 5.82. The highest BCUT2D eigenvalue weighted by atomic mass is 19.1. The van der Waals surface area contributed by atoms with Crippen LogP contribution in [0.3, 0.4) is 0 Å². The van der Waals surface area contributed by atoms with E-state index in [2.05, 4.69) is 10.1 Å². The minimum atomic E-state index is -0.403. The van der Waals surface area contributed by atoms with Crippen molar-refractivity contribution in [2.45, 2.75) is 0 Å². The van der Waals surface area contributed by atoms with E-state index in [-0.39, 0.29) is 5.56 Å². The van der Waals surface area contributed by atoms with E-state index in [0.717, 1.165) is 5.56 Å². The Balaban J connectivity index is 1.96. The van der Waals surface area contributed by atoms with Gasteiger partial charge in [-0.2, -0.15) is 9.78 Å². The second kappa shape index (κ2) is 6.72. The molecule has 26 heavy (non-hydrogen) atoms. The standard InChI is InChI=1S/C21H14FN3O/c22-18-12-6-4-10-16(18)14-23-25-20(15-8-2-1-3-9-15)24-19-13-7-5-11-17(19)21(25)26/h1-14H. The van der Waals surface area contributed by atoms with Crippen LogP contribution in [-0.2, 0) is 0 Å². The summed E-state index contributed by atoms with van der Waals surface area (Å²) in [6.07, 6.45) is 1.33. The van der Waals surface area contributed by atoms with Gasteiger partial charge in [0.1, 0.15) is 5.82 Å². The largest absolute Gasteiger partial charge is 0.282 e. The molecule has 3 aromatic carbocycles. The Kier molecular flexibility index (Phi) is 4.11. The lowest BCUT2D eigenvalue weighted by Crippen LogP contribution is -2.20. The van der Waals surface area contributed by atoms with E-state index < -0.39 is 5.82 Å². The Morgan fingerprint density at radius 1 is 0.885 bits per heavy atom. The SMILES string of the molecule is O=c1c2ccccc2nc(-c2ccccc2)n1N=Cc1ccccc1F. The zero-order valence-corrected chi connectivity index (χ0v) is 13.7. The van der Waals surface area contributed by atoms with Crippen molar-refractivity contribution in [3.05, 3.63) is 101 Å². The maximum absolute atomic E-state index is 13.9. The zero-order chi connectivity index (χ0) is 17.9. The van der Waals surface area contributed by atoms with E-state index in [1.165, 1.54) is 17.0 Å². The molecular formula is C21H14FN3O. The first-order valence-electron chi connectivity index (χ1n) is 8.10. The van der Waals surface area contributed by atoms with Gasteiger partial charge in [-0.05, 0) is 18.2 Å². The van der Waals surface area contributed by atoms with E-state index in [4.69, 9.17) is 0 Å². The molecule has 0 atom stereocenters. The van der Waals surface area contributed by atoms with Crippen LogP contribution in [0.15, 0.2) is 88.8 Å². The van der Waals surface area contributed by atoms with Crippen molar-refractivity contribution in [1.82, 2.24) is 9.66 Å². The average molecular weight is 343 g/mol. The van der Waals surface area contributed by atoms with Crippen LogP contribution in [0.5, 0.6) is 0 Å². The molecule has 0 radical (unpaired) electrons. The van der Waals surface area contributed by atoms with Crippen molar-refractivity contribution in [2.24, 2.45) is 5.10 Å². The summed E-state index contributed by atoms with van der Waals surface area (Å²) in [5.74, 6) is 0.00111. The summed E-state index contributed by atoms with van der Waals surface area (Å²) >= 11 is 0. The van der Waals surface area contributed by atoms with Gasteiger partial charge in [-0.25, -0.2) is 9.37 Å². The van der Waals surface area contributed by atoms with Crippen molar-refractivity contribution in [1.29, 1.82) is 0 Å². The van der Waals surface area contributed by atoms with Crippen LogP contribution >= 0.6 is 0 Å². The summed E-state index contributed by atoms with van der Waals surface area (Å²) in [6, 6.07) is 22.7. The fourth-order valence-electron chi connectivity index (χ4n) is 2.70. The highest BCUT2D eigenvalue weighted by Gasteiger charge is 2.12. The third kappa shape index (κ3) is 2.91. The van der Waals surface area contributed by atoms with Crippen molar-refractivity contribution in [3.8, 4) is 11.4 Å². The van der Waals surface area contributed by atoms with Crippen LogP contribution in [0, 0.1) is 5.82 Å². The van der Waals surface area contributed by atoms with E-state index in [1.807, 2.05) is 36.4 Å². The third-order valence-corrected chi connectivity index (χ3v) is 4.00. The summed E-state index contributed by atoms with van der Waals surface area (Å²) in [5, 5.41) is 4.70. The van der Waals surface area contributed by atoms with Gasteiger partial charge >= 0.3 is 0 Å². The molecule has 126 valence electrons. The Bertz CT molecular complexity index is 1170. The van der Waals surface area contributed by atoms with Gasteiger partial charge in [-0.15, -0.1) is 0 Å². The molecule has 0 unspecified atom stereocenters. The first-order chi connectivity index (χ1) is 12.7. The lowest BCUT2D eigenvalue weighted by atomic mass is 10.2. The molecule has 4 aromatic rings. The fourth-order valence-corrected chi connectivity index (χ4v) is 2.70. The number of benzene rings is 3. The summed E-state index contributed by atoms with van der Waals surface area (Å²) < 4.78 is 15.1. The van der Waals surface area contributed by atoms with Crippen molar-refractivity contribution in [3.63, 3.8) is 0 Å². The number of aromatic nitrogens is 2. The Hall–Kier alpha value is -3.60. The fraction of sp³-hybridized carbons (Fsp3) is 0. The summed E-state index contributed by atoms with van der Waals surface area (Å²) in [4.78, 5) is 17.5. The van der Waals surface area contributed by atoms with Gasteiger partial charge in [0.25, 0.3) is 5.56 Å². The van der Waals surface area contributed by atoms with Gasteiger partial charge in [-0.1, -0.05) is 60.7 Å². The minimum absolute atomic E-state index is 0.298. The van der Waals surface area contributed by atoms with Crippen LogP contribution in [0.25, 0.3) is 22.3 Å². The van der Waals surface area contributed by atoms with Crippen molar-refractivity contribution >= 4 is 17.1 Å². The van der Waals surface area contributed by atoms with Gasteiger partial charge in [0.2, 0.25) is 0 Å². The van der Waals surface area contributed by atoms with Crippen molar-refractivity contribution < 1.29 is 4.39 Å². The van der Waals surface area contributed by atoms with E-state index in [9.17, 15) is 9.18 Å². The van der Waals surface area contributed by atoms with Gasteiger partial charge in [0, 0.05) is 11.1 Å². The molecule has 0 bridgehead atoms. The Labute approximate surface area is 148 Å². The van der Waals surface area contributed by atoms with Gasteiger partial charge in [0.05, 0.1) is 17.1 Å². The smallest absolute Gasteiger partial charge is 0.267 e. The molecule has 5 heteroatoms.